The molecule has 5 rings (SSSR count). The van der Waals surface area contributed by atoms with E-state index in [9.17, 15) is 18.4 Å². The van der Waals surface area contributed by atoms with E-state index >= 15 is 0 Å². The molecule has 0 fully saturated rings. The van der Waals surface area contributed by atoms with Crippen LogP contribution in [0.15, 0.2) is 90.6 Å². The molecule has 1 aliphatic rings. The summed E-state index contributed by atoms with van der Waals surface area (Å²) in [6.45, 7) is 1.92. The maximum Gasteiger partial charge on any atom is 0.282 e. The lowest BCUT2D eigenvalue weighted by molar-refractivity contribution is -0.120. The molecule has 0 bridgehead atoms. The summed E-state index contributed by atoms with van der Waals surface area (Å²) in [6, 6.07) is 23.4. The second-order valence-electron chi connectivity index (χ2n) is 7.81. The lowest BCUT2D eigenvalue weighted by Gasteiger charge is -2.16. The fourth-order valence-electron chi connectivity index (χ4n) is 3.96. The van der Waals surface area contributed by atoms with Gasteiger partial charge >= 0.3 is 0 Å². The summed E-state index contributed by atoms with van der Waals surface area (Å²) in [6.07, 6.45) is 0. The smallest absolute Gasteiger partial charge is 0.282 e. The van der Waals surface area contributed by atoms with Crippen molar-refractivity contribution in [1.29, 1.82) is 0 Å². The summed E-state index contributed by atoms with van der Waals surface area (Å²) in [5, 5.41) is 5.00. The van der Waals surface area contributed by atoms with Crippen molar-refractivity contribution in [3.8, 4) is 0 Å². The molecule has 33 heavy (non-hydrogen) atoms. The van der Waals surface area contributed by atoms with Crippen molar-refractivity contribution in [2.75, 3.05) is 10.2 Å². The Morgan fingerprint density at radius 2 is 1.48 bits per heavy atom. The Balaban J connectivity index is 1.66. The molecule has 0 aromatic heterocycles. The first-order valence-electron chi connectivity index (χ1n) is 10.3. The highest BCUT2D eigenvalue weighted by Gasteiger charge is 2.40. The number of nitrogens with zero attached hydrogens (tertiary/aromatic N) is 1. The molecule has 4 aromatic rings. The Bertz CT molecular complexity index is 1450. The zero-order valence-corrected chi connectivity index (χ0v) is 17.6. The fraction of sp³-hybridized carbons (Fsp3) is 0.0370. The molecule has 0 radical (unpaired) electrons. The van der Waals surface area contributed by atoms with Crippen LogP contribution in [-0.4, -0.2) is 11.8 Å². The topological polar surface area (TPSA) is 49.4 Å². The number of halogens is 2. The van der Waals surface area contributed by atoms with Gasteiger partial charge in [-0.15, -0.1) is 0 Å². The third-order valence-electron chi connectivity index (χ3n) is 5.63. The van der Waals surface area contributed by atoms with Crippen LogP contribution in [0.4, 0.5) is 20.2 Å². The maximum absolute atomic E-state index is 13.9. The molecule has 162 valence electrons. The number of amides is 2. The number of imide groups is 1. The monoisotopic (exact) mass is 440 g/mol. The standard InChI is InChI=1S/C27H18F2N2O2/c1-16-9-11-18(12-10-16)24-25(30-23-8-4-6-17-5-2-3-7-20(17)23)27(33)31(26(24)32)19-13-14-21(28)22(29)15-19/h2-15,30H,1H3. The van der Waals surface area contributed by atoms with E-state index in [0.29, 0.717) is 11.3 Å². The van der Waals surface area contributed by atoms with Crippen molar-refractivity contribution in [2.45, 2.75) is 6.92 Å². The predicted octanol–water partition coefficient (Wildman–Crippen LogP) is 5.82. The molecule has 6 heteroatoms. The van der Waals surface area contributed by atoms with Gasteiger partial charge in [-0.3, -0.25) is 9.59 Å². The highest BCUT2D eigenvalue weighted by Crippen LogP contribution is 2.35. The van der Waals surface area contributed by atoms with E-state index in [1.807, 2.05) is 61.5 Å². The van der Waals surface area contributed by atoms with Crippen molar-refractivity contribution in [1.82, 2.24) is 0 Å². The second kappa shape index (κ2) is 7.98. The summed E-state index contributed by atoms with van der Waals surface area (Å²) < 4.78 is 27.4. The van der Waals surface area contributed by atoms with Gasteiger partial charge in [0.25, 0.3) is 11.8 Å². The van der Waals surface area contributed by atoms with E-state index in [2.05, 4.69) is 5.32 Å². The molecular formula is C27H18F2N2O2. The van der Waals surface area contributed by atoms with Crippen LogP contribution >= 0.6 is 0 Å². The van der Waals surface area contributed by atoms with Crippen molar-refractivity contribution in [3.63, 3.8) is 0 Å². The number of benzene rings is 4. The van der Waals surface area contributed by atoms with Crippen LogP contribution in [-0.2, 0) is 9.59 Å². The third-order valence-corrected chi connectivity index (χ3v) is 5.63. The molecule has 0 aliphatic carbocycles. The van der Waals surface area contributed by atoms with Crippen molar-refractivity contribution >= 4 is 39.5 Å². The Morgan fingerprint density at radius 1 is 0.758 bits per heavy atom. The lowest BCUT2D eigenvalue weighted by Crippen LogP contribution is -2.32. The normalized spacial score (nSPS) is 13.8. The van der Waals surface area contributed by atoms with Gasteiger partial charge in [0.1, 0.15) is 5.70 Å². The van der Waals surface area contributed by atoms with Gasteiger partial charge in [-0.25, -0.2) is 13.7 Å². The molecular weight excluding hydrogens is 422 g/mol. The Labute approximate surface area is 188 Å². The van der Waals surface area contributed by atoms with Crippen LogP contribution in [0.2, 0.25) is 0 Å². The maximum atomic E-state index is 13.9. The van der Waals surface area contributed by atoms with Crippen molar-refractivity contribution in [2.24, 2.45) is 0 Å². The molecule has 2 amide bonds. The van der Waals surface area contributed by atoms with Crippen molar-refractivity contribution in [3.05, 3.63) is 113 Å². The second-order valence-corrected chi connectivity index (χ2v) is 7.81. The predicted molar refractivity (Wildman–Crippen MR) is 125 cm³/mol. The van der Waals surface area contributed by atoms with Crippen LogP contribution in [0.1, 0.15) is 11.1 Å². The van der Waals surface area contributed by atoms with Gasteiger partial charge in [-0.2, -0.15) is 0 Å². The molecule has 0 saturated carbocycles. The molecule has 1 aliphatic heterocycles. The molecule has 1 N–H and O–H groups in total. The van der Waals surface area contributed by atoms with E-state index in [4.69, 9.17) is 0 Å². The Hall–Kier alpha value is -4.32. The van der Waals surface area contributed by atoms with E-state index in [1.54, 1.807) is 12.1 Å². The molecule has 4 aromatic carbocycles. The zero-order chi connectivity index (χ0) is 23.1. The van der Waals surface area contributed by atoms with Crippen LogP contribution in [0.3, 0.4) is 0 Å². The van der Waals surface area contributed by atoms with Gasteiger partial charge in [0, 0.05) is 17.1 Å². The van der Waals surface area contributed by atoms with Crippen molar-refractivity contribution < 1.29 is 18.4 Å². The molecule has 0 atom stereocenters. The van der Waals surface area contributed by atoms with E-state index in [-0.39, 0.29) is 17.0 Å². The average Bonchev–Trinajstić information content (AvgIpc) is 3.06. The molecule has 0 unspecified atom stereocenters. The number of carbonyl (C=O) groups excluding carboxylic acids is 2. The van der Waals surface area contributed by atoms with E-state index in [1.165, 1.54) is 6.07 Å². The summed E-state index contributed by atoms with van der Waals surface area (Å²) in [5.41, 5.74) is 2.40. The summed E-state index contributed by atoms with van der Waals surface area (Å²) in [5.74, 6) is -3.45. The minimum Gasteiger partial charge on any atom is -0.350 e. The first kappa shape index (κ1) is 20.6. The number of carbonyl (C=O) groups is 2. The Kier molecular flexibility index (Phi) is 4.98. The molecule has 1 heterocycles. The van der Waals surface area contributed by atoms with Gasteiger partial charge in [0.15, 0.2) is 11.6 Å². The number of rotatable bonds is 4. The summed E-state index contributed by atoms with van der Waals surface area (Å²) in [4.78, 5) is 27.8. The summed E-state index contributed by atoms with van der Waals surface area (Å²) in [7, 11) is 0. The third kappa shape index (κ3) is 3.55. The number of hydrogen-bond acceptors (Lipinski definition) is 3. The van der Waals surface area contributed by atoms with Crippen LogP contribution in [0, 0.1) is 18.6 Å². The fourth-order valence-corrected chi connectivity index (χ4v) is 3.96. The number of fused-ring (bicyclic) bond motifs is 1. The van der Waals surface area contributed by atoms with E-state index in [0.717, 1.165) is 33.4 Å². The van der Waals surface area contributed by atoms with Crippen LogP contribution < -0.4 is 10.2 Å². The zero-order valence-electron chi connectivity index (χ0n) is 17.6. The van der Waals surface area contributed by atoms with Gasteiger partial charge in [-0.1, -0.05) is 66.2 Å². The molecule has 4 nitrogen and oxygen atoms in total. The van der Waals surface area contributed by atoms with E-state index < -0.39 is 23.4 Å². The average molecular weight is 440 g/mol. The van der Waals surface area contributed by atoms with Crippen LogP contribution in [0.25, 0.3) is 16.3 Å². The van der Waals surface area contributed by atoms with Crippen LogP contribution in [0.5, 0.6) is 0 Å². The Morgan fingerprint density at radius 3 is 2.24 bits per heavy atom. The first-order chi connectivity index (χ1) is 15.9. The summed E-state index contributed by atoms with van der Waals surface area (Å²) >= 11 is 0. The van der Waals surface area contributed by atoms with Gasteiger partial charge in [-0.05, 0) is 36.1 Å². The number of hydrogen-bond donors (Lipinski definition) is 1. The highest BCUT2D eigenvalue weighted by molar-refractivity contribution is 6.46. The largest absolute Gasteiger partial charge is 0.350 e. The SMILES string of the molecule is Cc1ccc(C2=C(Nc3cccc4ccccc34)C(=O)N(c3ccc(F)c(F)c3)C2=O)cc1. The number of aryl methyl sites for hydroxylation is 1. The minimum absolute atomic E-state index is 0.0387. The molecule has 0 spiro atoms. The number of nitrogens with one attached hydrogen (secondary N) is 1. The first-order valence-corrected chi connectivity index (χ1v) is 10.3. The highest BCUT2D eigenvalue weighted by atomic mass is 19.2. The quantitative estimate of drug-likeness (QED) is 0.407. The minimum atomic E-state index is -1.14. The lowest BCUT2D eigenvalue weighted by atomic mass is 10.0. The molecule has 0 saturated heterocycles. The van der Waals surface area contributed by atoms with Gasteiger partial charge in [0.2, 0.25) is 0 Å². The van der Waals surface area contributed by atoms with Gasteiger partial charge < -0.3 is 5.32 Å². The number of anilines is 2. The van der Waals surface area contributed by atoms with Gasteiger partial charge in [0.05, 0.1) is 11.3 Å².